The third-order valence-corrected chi connectivity index (χ3v) is 5.34. The van der Waals surface area contributed by atoms with Crippen molar-refractivity contribution in [1.29, 1.82) is 0 Å². The van der Waals surface area contributed by atoms with Crippen molar-refractivity contribution in [3.05, 3.63) is 77.1 Å². The molecule has 1 heterocycles. The first-order chi connectivity index (χ1) is 14.4. The minimum Gasteiger partial charge on any atom is -0.480 e. The Morgan fingerprint density at radius 3 is 2.60 bits per heavy atom. The zero-order valence-electron chi connectivity index (χ0n) is 16.6. The molecule has 1 aliphatic heterocycles. The molecule has 152 valence electrons. The van der Waals surface area contributed by atoms with Gasteiger partial charge in [-0.25, -0.2) is 4.79 Å². The highest BCUT2D eigenvalue weighted by atomic mass is 35.5. The highest BCUT2D eigenvalue weighted by molar-refractivity contribution is 6.36. The summed E-state index contributed by atoms with van der Waals surface area (Å²) in [6.45, 7) is 1.55. The van der Waals surface area contributed by atoms with Crippen molar-refractivity contribution in [2.24, 2.45) is 12.0 Å². The summed E-state index contributed by atoms with van der Waals surface area (Å²) in [5.41, 5.74) is 4.63. The number of benzene rings is 3. The number of nitrogens with one attached hydrogen (secondary N) is 2. The van der Waals surface area contributed by atoms with E-state index in [-0.39, 0.29) is 0 Å². The minimum atomic E-state index is -0.955. The summed E-state index contributed by atoms with van der Waals surface area (Å²) in [5.74, 6) is -0.165. The van der Waals surface area contributed by atoms with Gasteiger partial charge in [0.1, 0.15) is 11.9 Å². The standard InChI is InChI=1S/C23H21ClN4O2/c1-14(23(29)30)25-16-11-12-18-20(13-16)28(2)27-22(18)26-19-10-6-9-17(21(19)24)15-7-4-3-5-8-15/h3-14,26-27H,1-2H3,(H,29,30). The Bertz CT molecular complexity index is 1240. The number of hydrogen-bond acceptors (Lipinski definition) is 3. The number of aromatic amines is 1. The summed E-state index contributed by atoms with van der Waals surface area (Å²) in [6, 6.07) is 20.7. The summed E-state index contributed by atoms with van der Waals surface area (Å²) in [7, 11) is 1.89. The Kier molecular flexibility index (Phi) is 5.33. The summed E-state index contributed by atoms with van der Waals surface area (Å²) in [4.78, 5) is 15.3. The van der Waals surface area contributed by atoms with Crippen LogP contribution in [0.15, 0.2) is 71.7 Å². The Labute approximate surface area is 178 Å². The number of H-pyrrole nitrogens is 1. The zero-order chi connectivity index (χ0) is 21.3. The molecule has 0 bridgehead atoms. The molecule has 0 spiro atoms. The van der Waals surface area contributed by atoms with Crippen LogP contribution in [0.1, 0.15) is 6.92 Å². The quantitative estimate of drug-likeness (QED) is 0.429. The molecule has 4 rings (SSSR count). The second-order valence-electron chi connectivity index (χ2n) is 7.05. The minimum absolute atomic E-state index is 0.614. The first-order valence-electron chi connectivity index (χ1n) is 9.50. The van der Waals surface area contributed by atoms with Gasteiger partial charge in [0.2, 0.25) is 0 Å². The zero-order valence-corrected chi connectivity index (χ0v) is 17.3. The van der Waals surface area contributed by atoms with Gasteiger partial charge in [-0.05, 0) is 36.8 Å². The first-order valence-corrected chi connectivity index (χ1v) is 9.88. The van der Waals surface area contributed by atoms with Gasteiger partial charge < -0.3 is 10.4 Å². The fourth-order valence-corrected chi connectivity index (χ4v) is 3.64. The maximum Gasteiger partial charge on any atom is 0.328 e. The molecule has 7 heteroatoms. The topological polar surface area (TPSA) is 82.4 Å². The SMILES string of the molecule is CC(N=c1ccc2c(Nc3cccc(-c4ccccc4)c3Cl)[nH]n(C)c-2c1)C(=O)O. The van der Waals surface area contributed by atoms with Crippen LogP contribution >= 0.6 is 11.6 Å². The summed E-state index contributed by atoms with van der Waals surface area (Å²) in [6.07, 6.45) is 0. The number of carbonyl (C=O) groups is 1. The number of aryl methyl sites for hydroxylation is 1. The second kappa shape index (κ2) is 8.08. The molecule has 1 aliphatic carbocycles. The highest BCUT2D eigenvalue weighted by Crippen LogP contribution is 2.37. The van der Waals surface area contributed by atoms with Gasteiger partial charge in [-0.3, -0.25) is 14.8 Å². The number of anilines is 2. The number of carboxylic acids is 1. The van der Waals surface area contributed by atoms with Crippen molar-refractivity contribution in [1.82, 2.24) is 9.78 Å². The Hall–Kier alpha value is -3.51. The van der Waals surface area contributed by atoms with E-state index in [1.807, 2.05) is 78.5 Å². The number of fused-ring (bicyclic) bond motifs is 1. The van der Waals surface area contributed by atoms with E-state index in [9.17, 15) is 4.79 Å². The number of hydrogen-bond donors (Lipinski definition) is 3. The first kappa shape index (κ1) is 19.8. The molecule has 0 fully saturated rings. The van der Waals surface area contributed by atoms with Crippen LogP contribution in [0.5, 0.6) is 0 Å². The van der Waals surface area contributed by atoms with Crippen LogP contribution in [0.25, 0.3) is 22.4 Å². The predicted octanol–water partition coefficient (Wildman–Crippen LogP) is 4.90. The molecule has 1 atom stereocenters. The van der Waals surface area contributed by atoms with Crippen molar-refractivity contribution < 1.29 is 9.90 Å². The number of carboxylic acid groups (broad SMARTS) is 1. The lowest BCUT2D eigenvalue weighted by molar-refractivity contribution is -0.138. The third-order valence-electron chi connectivity index (χ3n) is 4.93. The van der Waals surface area contributed by atoms with E-state index in [1.54, 1.807) is 6.92 Å². The van der Waals surface area contributed by atoms with Gasteiger partial charge >= 0.3 is 5.97 Å². The molecule has 0 radical (unpaired) electrons. The van der Waals surface area contributed by atoms with E-state index in [4.69, 9.17) is 16.7 Å². The molecule has 0 saturated heterocycles. The van der Waals surface area contributed by atoms with E-state index in [0.29, 0.717) is 10.4 Å². The lowest BCUT2D eigenvalue weighted by Gasteiger charge is -2.12. The molecule has 2 aliphatic rings. The van der Waals surface area contributed by atoms with Crippen molar-refractivity contribution in [3.63, 3.8) is 0 Å². The number of halogens is 1. The van der Waals surface area contributed by atoms with Gasteiger partial charge in [0, 0.05) is 18.2 Å². The van der Waals surface area contributed by atoms with E-state index in [0.717, 1.165) is 33.9 Å². The lowest BCUT2D eigenvalue weighted by Crippen LogP contribution is -2.17. The molecule has 0 saturated carbocycles. The van der Waals surface area contributed by atoms with Crippen LogP contribution < -0.4 is 10.7 Å². The van der Waals surface area contributed by atoms with Crippen LogP contribution in [-0.4, -0.2) is 26.9 Å². The van der Waals surface area contributed by atoms with Gasteiger partial charge in [-0.1, -0.05) is 54.1 Å². The number of aromatic nitrogens is 2. The number of aliphatic carboxylic acids is 1. The van der Waals surface area contributed by atoms with E-state index in [1.165, 1.54) is 0 Å². The second-order valence-corrected chi connectivity index (χ2v) is 7.43. The van der Waals surface area contributed by atoms with Crippen LogP contribution in [0, 0.1) is 0 Å². The van der Waals surface area contributed by atoms with Gasteiger partial charge in [0.25, 0.3) is 0 Å². The van der Waals surface area contributed by atoms with Gasteiger partial charge in [0.05, 0.1) is 21.8 Å². The molecule has 0 aromatic heterocycles. The van der Waals surface area contributed by atoms with Crippen LogP contribution in [0.2, 0.25) is 5.02 Å². The normalized spacial score (nSPS) is 12.8. The van der Waals surface area contributed by atoms with Crippen molar-refractivity contribution >= 4 is 29.1 Å². The lowest BCUT2D eigenvalue weighted by atomic mass is 10.0. The van der Waals surface area contributed by atoms with E-state index in [2.05, 4.69) is 15.4 Å². The van der Waals surface area contributed by atoms with Gasteiger partial charge in [-0.2, -0.15) is 0 Å². The van der Waals surface area contributed by atoms with Crippen LogP contribution in [0.4, 0.5) is 11.5 Å². The van der Waals surface area contributed by atoms with Crippen LogP contribution in [0.3, 0.4) is 0 Å². The Morgan fingerprint density at radius 1 is 1.10 bits per heavy atom. The monoisotopic (exact) mass is 420 g/mol. The van der Waals surface area contributed by atoms with Crippen molar-refractivity contribution in [2.45, 2.75) is 13.0 Å². The summed E-state index contributed by atoms with van der Waals surface area (Å²) < 4.78 is 1.86. The fourth-order valence-electron chi connectivity index (χ4n) is 3.36. The maximum absolute atomic E-state index is 11.1. The molecule has 2 aromatic rings. The average Bonchev–Trinajstić information content (AvgIpc) is 3.05. The molecule has 1 unspecified atom stereocenters. The van der Waals surface area contributed by atoms with E-state index >= 15 is 0 Å². The molecular weight excluding hydrogens is 400 g/mol. The Morgan fingerprint density at radius 2 is 1.87 bits per heavy atom. The molecular formula is C23H21ClN4O2. The van der Waals surface area contributed by atoms with E-state index < -0.39 is 12.0 Å². The molecule has 3 N–H and O–H groups in total. The largest absolute Gasteiger partial charge is 0.480 e. The van der Waals surface area contributed by atoms with Gasteiger partial charge in [-0.15, -0.1) is 0 Å². The highest BCUT2D eigenvalue weighted by Gasteiger charge is 2.16. The number of rotatable bonds is 5. The molecule has 0 amide bonds. The fraction of sp³-hybridized carbons (Fsp3) is 0.130. The Balaban J connectivity index is 1.71. The maximum atomic E-state index is 11.1. The third kappa shape index (κ3) is 3.82. The number of nitrogens with zero attached hydrogens (tertiary/aromatic N) is 2. The molecule has 6 nitrogen and oxygen atoms in total. The summed E-state index contributed by atoms with van der Waals surface area (Å²) >= 11 is 6.71. The smallest absolute Gasteiger partial charge is 0.328 e. The summed E-state index contributed by atoms with van der Waals surface area (Å²) in [5, 5.41) is 17.0. The predicted molar refractivity (Wildman–Crippen MR) is 119 cm³/mol. The van der Waals surface area contributed by atoms with Crippen molar-refractivity contribution in [3.8, 4) is 22.4 Å². The average molecular weight is 421 g/mol. The molecule has 30 heavy (non-hydrogen) atoms. The van der Waals surface area contributed by atoms with Gasteiger partial charge in [0.15, 0.2) is 0 Å². The van der Waals surface area contributed by atoms with Crippen molar-refractivity contribution in [2.75, 3.05) is 5.32 Å². The van der Waals surface area contributed by atoms with Crippen LogP contribution in [-0.2, 0) is 11.8 Å². The molecule has 2 aromatic carbocycles.